The maximum Gasteiger partial charge on any atom is 0.352 e. The normalized spacial score (nSPS) is 15.8. The quantitative estimate of drug-likeness (QED) is 0.899. The van der Waals surface area contributed by atoms with Crippen LogP contribution >= 0.6 is 0 Å². The Labute approximate surface area is 142 Å². The molecule has 4 rings (SSSR count). The zero-order valence-electron chi connectivity index (χ0n) is 13.6. The number of anilines is 1. The van der Waals surface area contributed by atoms with Crippen LogP contribution in [-0.4, -0.2) is 46.1 Å². The molecule has 1 aromatic heterocycles. The van der Waals surface area contributed by atoms with E-state index in [-0.39, 0.29) is 12.6 Å². The standard InChI is InChI=1S/C16H15N5O4/c1-20-7-10(5-9-3-4-11-12(6-9)25-8-24-11)17-15(20)18-13-14(22)21(2)16(23)19-13/h3-4,6-7H,5,8H2,1-2H3,(H,17,18,19,23). The largest absolute Gasteiger partial charge is 0.454 e. The molecule has 9 heteroatoms. The van der Waals surface area contributed by atoms with E-state index in [0.717, 1.165) is 27.7 Å². The van der Waals surface area contributed by atoms with Gasteiger partial charge in [-0.1, -0.05) is 6.07 Å². The molecule has 0 atom stereocenters. The number of rotatable bonds is 3. The van der Waals surface area contributed by atoms with Crippen LogP contribution in [0.1, 0.15) is 11.3 Å². The van der Waals surface area contributed by atoms with E-state index in [1.54, 1.807) is 11.6 Å². The second kappa shape index (κ2) is 5.62. The van der Waals surface area contributed by atoms with Gasteiger partial charge in [0.05, 0.1) is 5.69 Å². The van der Waals surface area contributed by atoms with Crippen molar-refractivity contribution in [2.24, 2.45) is 12.0 Å². The Morgan fingerprint density at radius 2 is 2.00 bits per heavy atom. The molecule has 0 unspecified atom stereocenters. The minimum absolute atomic E-state index is 0.0316. The van der Waals surface area contributed by atoms with Crippen molar-refractivity contribution >= 4 is 23.7 Å². The van der Waals surface area contributed by atoms with Crippen molar-refractivity contribution in [3.63, 3.8) is 0 Å². The number of hydrogen-bond donors (Lipinski definition) is 1. The van der Waals surface area contributed by atoms with Gasteiger partial charge >= 0.3 is 6.03 Å². The van der Waals surface area contributed by atoms with Gasteiger partial charge in [-0.25, -0.2) is 9.78 Å². The van der Waals surface area contributed by atoms with Gasteiger partial charge in [-0.05, 0) is 17.7 Å². The average molecular weight is 341 g/mol. The lowest BCUT2D eigenvalue weighted by atomic mass is 10.1. The van der Waals surface area contributed by atoms with Gasteiger partial charge in [0.15, 0.2) is 11.5 Å². The molecule has 3 heterocycles. The summed E-state index contributed by atoms with van der Waals surface area (Å²) in [7, 11) is 3.18. The van der Waals surface area contributed by atoms with Crippen molar-refractivity contribution in [1.29, 1.82) is 0 Å². The molecule has 1 N–H and O–H groups in total. The highest BCUT2D eigenvalue weighted by molar-refractivity contribution is 6.48. The summed E-state index contributed by atoms with van der Waals surface area (Å²) in [5.41, 5.74) is 1.83. The van der Waals surface area contributed by atoms with E-state index in [4.69, 9.17) is 9.47 Å². The first kappa shape index (κ1) is 15.2. The molecule has 0 spiro atoms. The van der Waals surface area contributed by atoms with Crippen molar-refractivity contribution < 1.29 is 19.1 Å². The van der Waals surface area contributed by atoms with E-state index in [1.165, 1.54) is 7.05 Å². The lowest BCUT2D eigenvalue weighted by Gasteiger charge is -2.05. The van der Waals surface area contributed by atoms with Crippen molar-refractivity contribution in [3.8, 4) is 11.5 Å². The average Bonchev–Trinajstić information content (AvgIpc) is 3.24. The number of urea groups is 1. The predicted molar refractivity (Wildman–Crippen MR) is 87.8 cm³/mol. The highest BCUT2D eigenvalue weighted by Crippen LogP contribution is 2.33. The van der Waals surface area contributed by atoms with Crippen LogP contribution in [0.25, 0.3) is 0 Å². The lowest BCUT2D eigenvalue weighted by Crippen LogP contribution is -2.32. The van der Waals surface area contributed by atoms with Gasteiger partial charge in [0.25, 0.3) is 5.91 Å². The molecule has 2 aliphatic heterocycles. The van der Waals surface area contributed by atoms with Crippen LogP contribution in [0.4, 0.5) is 10.7 Å². The number of carbonyl (C=O) groups is 2. The number of hydrogen-bond acceptors (Lipinski definition) is 6. The summed E-state index contributed by atoms with van der Waals surface area (Å²) in [4.78, 5) is 32.4. The summed E-state index contributed by atoms with van der Waals surface area (Å²) < 4.78 is 12.4. The Morgan fingerprint density at radius 1 is 1.20 bits per heavy atom. The Morgan fingerprint density at radius 3 is 2.76 bits per heavy atom. The monoisotopic (exact) mass is 341 g/mol. The third-order valence-electron chi connectivity index (χ3n) is 3.98. The number of carbonyl (C=O) groups excluding carboxylic acids is 2. The van der Waals surface area contributed by atoms with Crippen LogP contribution in [0.3, 0.4) is 0 Å². The van der Waals surface area contributed by atoms with Crippen molar-refractivity contribution in [2.75, 3.05) is 19.2 Å². The summed E-state index contributed by atoms with van der Waals surface area (Å²) in [6.45, 7) is 0.236. The molecule has 0 saturated carbocycles. The first-order valence-electron chi connectivity index (χ1n) is 7.60. The summed E-state index contributed by atoms with van der Waals surface area (Å²) in [6.07, 6.45) is 2.43. The number of nitrogens with zero attached hydrogens (tertiary/aromatic N) is 4. The van der Waals surface area contributed by atoms with Crippen LogP contribution in [-0.2, 0) is 18.3 Å². The van der Waals surface area contributed by atoms with Gasteiger partial charge in [-0.15, -0.1) is 0 Å². The number of nitrogens with one attached hydrogen (secondary N) is 1. The van der Waals surface area contributed by atoms with Crippen LogP contribution in [0, 0.1) is 0 Å². The number of ether oxygens (including phenoxy) is 2. The summed E-state index contributed by atoms with van der Waals surface area (Å²) >= 11 is 0. The number of imide groups is 1. The molecule has 0 aliphatic carbocycles. The zero-order valence-corrected chi connectivity index (χ0v) is 13.6. The third-order valence-corrected chi connectivity index (χ3v) is 3.98. The van der Waals surface area contributed by atoms with E-state index in [0.29, 0.717) is 12.4 Å². The minimum atomic E-state index is -0.595. The predicted octanol–water partition coefficient (Wildman–Crippen LogP) is 1.14. The number of aryl methyl sites for hydroxylation is 1. The molecule has 128 valence electrons. The highest BCUT2D eigenvalue weighted by Gasteiger charge is 2.30. The fourth-order valence-electron chi connectivity index (χ4n) is 2.64. The molecule has 9 nitrogen and oxygen atoms in total. The molecular formula is C16H15N5O4. The van der Waals surface area contributed by atoms with Crippen molar-refractivity contribution in [3.05, 3.63) is 35.7 Å². The Hall–Kier alpha value is -3.36. The van der Waals surface area contributed by atoms with Crippen LogP contribution in [0.5, 0.6) is 11.5 Å². The van der Waals surface area contributed by atoms with Gasteiger partial charge in [-0.3, -0.25) is 9.69 Å². The molecule has 3 amide bonds. The molecule has 0 fully saturated rings. The molecule has 2 aromatic rings. The number of aromatic nitrogens is 2. The van der Waals surface area contributed by atoms with Gasteiger partial charge in [0.1, 0.15) is 0 Å². The lowest BCUT2D eigenvalue weighted by molar-refractivity contribution is -0.119. The first-order chi connectivity index (χ1) is 12.0. The maximum atomic E-state index is 11.9. The number of fused-ring (bicyclic) bond motifs is 1. The van der Waals surface area contributed by atoms with Gasteiger partial charge in [0.2, 0.25) is 18.6 Å². The summed E-state index contributed by atoms with van der Waals surface area (Å²) in [5, 5.41) is 2.81. The summed E-state index contributed by atoms with van der Waals surface area (Å²) in [5.74, 6) is 1.38. The van der Waals surface area contributed by atoms with Gasteiger partial charge < -0.3 is 19.4 Å². The van der Waals surface area contributed by atoms with Crippen LogP contribution in [0.15, 0.2) is 29.4 Å². The van der Waals surface area contributed by atoms with E-state index in [9.17, 15) is 9.59 Å². The molecule has 1 aromatic carbocycles. The SMILES string of the molecule is CN1C(=O)N=C(Nc2nc(Cc3ccc4c(c3)OCO4)cn2C)C1=O. The number of likely N-dealkylation sites (N-methyl/N-ethyl adjacent to an activating group) is 1. The second-order valence-corrected chi connectivity index (χ2v) is 5.76. The first-order valence-corrected chi connectivity index (χ1v) is 7.60. The molecule has 2 aliphatic rings. The number of amidine groups is 1. The van der Waals surface area contributed by atoms with Crippen molar-refractivity contribution in [2.45, 2.75) is 6.42 Å². The Balaban J connectivity index is 1.52. The molecule has 0 bridgehead atoms. The van der Waals surface area contributed by atoms with Crippen LogP contribution < -0.4 is 14.8 Å². The van der Waals surface area contributed by atoms with E-state index in [2.05, 4.69) is 15.3 Å². The third kappa shape index (κ3) is 2.69. The molecular weight excluding hydrogens is 326 g/mol. The smallest absolute Gasteiger partial charge is 0.352 e. The Kier molecular flexibility index (Phi) is 3.41. The number of imidazole rings is 1. The number of aliphatic imine (C=N–C) groups is 1. The van der Waals surface area contributed by atoms with E-state index in [1.807, 2.05) is 24.4 Å². The van der Waals surface area contributed by atoms with E-state index >= 15 is 0 Å². The summed E-state index contributed by atoms with van der Waals surface area (Å²) in [6, 6.07) is 5.14. The zero-order chi connectivity index (χ0) is 17.6. The molecule has 0 saturated heterocycles. The highest BCUT2D eigenvalue weighted by atomic mass is 16.7. The number of benzene rings is 1. The minimum Gasteiger partial charge on any atom is -0.454 e. The van der Waals surface area contributed by atoms with E-state index < -0.39 is 11.9 Å². The maximum absolute atomic E-state index is 11.9. The van der Waals surface area contributed by atoms with Gasteiger partial charge in [-0.2, -0.15) is 4.99 Å². The fraction of sp³-hybridized carbons (Fsp3) is 0.250. The topological polar surface area (TPSA) is 98.1 Å². The molecule has 0 radical (unpaired) electrons. The second-order valence-electron chi connectivity index (χ2n) is 5.76. The number of amides is 3. The van der Waals surface area contributed by atoms with Gasteiger partial charge in [0, 0.05) is 26.7 Å². The molecule has 25 heavy (non-hydrogen) atoms. The Bertz CT molecular complexity index is 917. The van der Waals surface area contributed by atoms with Crippen molar-refractivity contribution in [1.82, 2.24) is 14.5 Å². The fourth-order valence-corrected chi connectivity index (χ4v) is 2.64. The van der Waals surface area contributed by atoms with Crippen LogP contribution in [0.2, 0.25) is 0 Å².